The molecule has 0 unspecified atom stereocenters. The minimum atomic E-state index is -3.70. The van der Waals surface area contributed by atoms with Crippen LogP contribution in [0, 0.1) is 5.92 Å². The molecular formula is C25H37NO2S. The van der Waals surface area contributed by atoms with Gasteiger partial charge < -0.3 is 0 Å². The molecule has 2 aromatic carbocycles. The molecule has 3 nitrogen and oxygen atoms in total. The van der Waals surface area contributed by atoms with E-state index in [0.29, 0.717) is 10.8 Å². The van der Waals surface area contributed by atoms with Crippen molar-refractivity contribution in [2.75, 3.05) is 0 Å². The third kappa shape index (κ3) is 5.49. The molecule has 0 aliphatic carbocycles. The van der Waals surface area contributed by atoms with E-state index in [1.165, 1.54) is 5.56 Å². The first-order valence-corrected chi connectivity index (χ1v) is 12.2. The van der Waals surface area contributed by atoms with E-state index >= 15 is 0 Å². The summed E-state index contributed by atoms with van der Waals surface area (Å²) in [7, 11) is -3.70. The summed E-state index contributed by atoms with van der Waals surface area (Å²) in [5.41, 5.74) is 3.99. The Morgan fingerprint density at radius 1 is 0.690 bits per heavy atom. The molecule has 29 heavy (non-hydrogen) atoms. The fraction of sp³-hybridized carbons (Fsp3) is 0.520. The van der Waals surface area contributed by atoms with Gasteiger partial charge in [0.2, 0.25) is 10.0 Å². The van der Waals surface area contributed by atoms with Gasteiger partial charge in [0.25, 0.3) is 0 Å². The lowest BCUT2D eigenvalue weighted by Crippen LogP contribution is -2.33. The molecule has 0 bridgehead atoms. The van der Waals surface area contributed by atoms with Crippen LogP contribution in [0.2, 0.25) is 0 Å². The zero-order chi connectivity index (χ0) is 21.9. The Balaban J connectivity index is 2.66. The van der Waals surface area contributed by atoms with Crippen molar-refractivity contribution in [3.8, 4) is 0 Å². The molecule has 0 aliphatic rings. The zero-order valence-corrected chi connectivity index (χ0v) is 20.0. The molecule has 0 saturated heterocycles. The van der Waals surface area contributed by atoms with E-state index in [-0.39, 0.29) is 23.8 Å². The van der Waals surface area contributed by atoms with Crippen LogP contribution in [0.15, 0.2) is 47.4 Å². The van der Waals surface area contributed by atoms with Crippen molar-refractivity contribution in [3.05, 3.63) is 64.7 Å². The summed E-state index contributed by atoms with van der Waals surface area (Å²) in [4.78, 5) is 0.466. The smallest absolute Gasteiger partial charge is 0.207 e. The molecule has 0 aromatic heterocycles. The Hall–Kier alpha value is -1.65. The van der Waals surface area contributed by atoms with Gasteiger partial charge in [-0.25, -0.2) is 13.1 Å². The lowest BCUT2D eigenvalue weighted by Gasteiger charge is -2.27. The number of sulfonamides is 1. The quantitative estimate of drug-likeness (QED) is 0.519. The van der Waals surface area contributed by atoms with Crippen molar-refractivity contribution in [2.45, 2.75) is 84.1 Å². The standard InChI is InChI=1S/C25H37NO2S/c1-16(2)21-14-22(17(3)4)25(23(15-21)18(5)6)29(27,28)26-24(19(7)8)20-12-10-9-11-13-20/h9-19,24,26H,1-8H3/t24-/m1/s1. The lowest BCUT2D eigenvalue weighted by molar-refractivity contribution is 0.462. The summed E-state index contributed by atoms with van der Waals surface area (Å²) >= 11 is 0. The highest BCUT2D eigenvalue weighted by atomic mass is 32.2. The Morgan fingerprint density at radius 2 is 1.17 bits per heavy atom. The third-order valence-corrected chi connectivity index (χ3v) is 7.03. The van der Waals surface area contributed by atoms with Crippen molar-refractivity contribution in [3.63, 3.8) is 0 Å². The third-order valence-electron chi connectivity index (χ3n) is 5.46. The van der Waals surface area contributed by atoms with E-state index in [9.17, 15) is 8.42 Å². The van der Waals surface area contributed by atoms with E-state index < -0.39 is 10.0 Å². The maximum Gasteiger partial charge on any atom is 0.241 e. The average molecular weight is 416 g/mol. The van der Waals surface area contributed by atoms with Gasteiger partial charge in [-0.2, -0.15) is 0 Å². The molecular weight excluding hydrogens is 378 g/mol. The number of nitrogens with one attached hydrogen (secondary N) is 1. The van der Waals surface area contributed by atoms with Crippen LogP contribution in [0.3, 0.4) is 0 Å². The molecule has 2 rings (SSSR count). The van der Waals surface area contributed by atoms with Crippen LogP contribution in [-0.2, 0) is 10.0 Å². The summed E-state index contributed by atoms with van der Waals surface area (Å²) in [6, 6.07) is 13.7. The minimum Gasteiger partial charge on any atom is -0.207 e. The molecule has 2 aromatic rings. The normalized spacial score (nSPS) is 13.7. The Labute approximate surface area is 178 Å². The SMILES string of the molecule is CC(C)c1cc(C(C)C)c(S(=O)(=O)N[C@@H](c2ccccc2)C(C)C)c(C(C)C)c1. The van der Waals surface area contributed by atoms with Crippen LogP contribution in [0.1, 0.15) is 101 Å². The molecule has 0 heterocycles. The second-order valence-corrected chi connectivity index (χ2v) is 10.9. The Morgan fingerprint density at radius 3 is 1.55 bits per heavy atom. The zero-order valence-electron chi connectivity index (χ0n) is 19.2. The molecule has 160 valence electrons. The van der Waals surface area contributed by atoms with Gasteiger partial charge in [-0.1, -0.05) is 97.9 Å². The highest BCUT2D eigenvalue weighted by Crippen LogP contribution is 2.36. The molecule has 0 fully saturated rings. The highest BCUT2D eigenvalue weighted by molar-refractivity contribution is 7.89. The van der Waals surface area contributed by atoms with Gasteiger partial charge in [0.15, 0.2) is 0 Å². The summed E-state index contributed by atoms with van der Waals surface area (Å²) in [6.07, 6.45) is 0. The highest BCUT2D eigenvalue weighted by Gasteiger charge is 2.30. The summed E-state index contributed by atoms with van der Waals surface area (Å²) < 4.78 is 30.5. The van der Waals surface area contributed by atoms with Crippen LogP contribution >= 0.6 is 0 Å². The monoisotopic (exact) mass is 415 g/mol. The first-order valence-electron chi connectivity index (χ1n) is 10.7. The molecule has 0 saturated carbocycles. The summed E-state index contributed by atoms with van der Waals surface area (Å²) in [5, 5.41) is 0. The summed E-state index contributed by atoms with van der Waals surface area (Å²) in [6.45, 7) is 16.7. The van der Waals surface area contributed by atoms with Gasteiger partial charge >= 0.3 is 0 Å². The average Bonchev–Trinajstić information content (AvgIpc) is 2.65. The molecule has 0 aliphatic heterocycles. The predicted molar refractivity (Wildman–Crippen MR) is 123 cm³/mol. The maximum absolute atomic E-state index is 13.7. The predicted octanol–water partition coefficient (Wildman–Crippen LogP) is 6.73. The molecule has 1 atom stereocenters. The molecule has 1 N–H and O–H groups in total. The lowest BCUT2D eigenvalue weighted by atomic mass is 9.89. The number of hydrogen-bond donors (Lipinski definition) is 1. The second kappa shape index (κ2) is 9.44. The van der Waals surface area contributed by atoms with Gasteiger partial charge in [0, 0.05) is 6.04 Å². The molecule has 4 heteroatoms. The summed E-state index contributed by atoms with van der Waals surface area (Å²) in [5.74, 6) is 0.716. The molecule has 0 amide bonds. The maximum atomic E-state index is 13.7. The second-order valence-electron chi connectivity index (χ2n) is 9.25. The van der Waals surface area contributed by atoms with Crippen LogP contribution in [0.4, 0.5) is 0 Å². The van der Waals surface area contributed by atoms with E-state index in [2.05, 4.69) is 72.2 Å². The van der Waals surface area contributed by atoms with Crippen molar-refractivity contribution in [2.24, 2.45) is 5.92 Å². The Kier molecular flexibility index (Phi) is 7.69. The van der Waals surface area contributed by atoms with Crippen molar-refractivity contribution in [1.29, 1.82) is 0 Å². The van der Waals surface area contributed by atoms with Crippen LogP contribution in [-0.4, -0.2) is 8.42 Å². The van der Waals surface area contributed by atoms with Crippen molar-refractivity contribution in [1.82, 2.24) is 4.72 Å². The van der Waals surface area contributed by atoms with Gasteiger partial charge in [-0.3, -0.25) is 0 Å². The van der Waals surface area contributed by atoms with Crippen LogP contribution in [0.25, 0.3) is 0 Å². The number of rotatable bonds is 8. The first-order chi connectivity index (χ1) is 13.5. The van der Waals surface area contributed by atoms with E-state index in [1.54, 1.807) is 0 Å². The first kappa shape index (κ1) is 23.6. The topological polar surface area (TPSA) is 46.2 Å². The minimum absolute atomic E-state index is 0.118. The van der Waals surface area contributed by atoms with Crippen LogP contribution < -0.4 is 4.72 Å². The van der Waals surface area contributed by atoms with E-state index in [0.717, 1.165) is 16.7 Å². The molecule has 0 spiro atoms. The van der Waals surface area contributed by atoms with E-state index in [4.69, 9.17) is 0 Å². The van der Waals surface area contributed by atoms with Gasteiger partial charge in [-0.05, 0) is 45.9 Å². The van der Waals surface area contributed by atoms with E-state index in [1.807, 2.05) is 30.3 Å². The van der Waals surface area contributed by atoms with Crippen LogP contribution in [0.5, 0.6) is 0 Å². The van der Waals surface area contributed by atoms with Crippen molar-refractivity contribution >= 4 is 10.0 Å². The fourth-order valence-corrected chi connectivity index (χ4v) is 5.75. The van der Waals surface area contributed by atoms with Gasteiger partial charge in [0.1, 0.15) is 0 Å². The number of benzene rings is 2. The van der Waals surface area contributed by atoms with Gasteiger partial charge in [0.05, 0.1) is 4.90 Å². The largest absolute Gasteiger partial charge is 0.241 e. The number of hydrogen-bond acceptors (Lipinski definition) is 2. The van der Waals surface area contributed by atoms with Gasteiger partial charge in [-0.15, -0.1) is 0 Å². The Bertz CT molecular complexity index is 884. The molecule has 0 radical (unpaired) electrons. The fourth-order valence-electron chi connectivity index (χ4n) is 3.68. The van der Waals surface area contributed by atoms with Crippen molar-refractivity contribution < 1.29 is 8.42 Å².